The lowest BCUT2D eigenvalue weighted by atomic mass is 10.1. The van der Waals surface area contributed by atoms with Crippen LogP contribution in [0, 0.1) is 0 Å². The van der Waals surface area contributed by atoms with Gasteiger partial charge in [0.2, 0.25) is 0 Å². The van der Waals surface area contributed by atoms with Gasteiger partial charge >= 0.3 is 7.60 Å². The smallest absolute Gasteiger partial charge is 0.304 e. The molecule has 0 amide bonds. The third kappa shape index (κ3) is 3.63. The van der Waals surface area contributed by atoms with Gasteiger partial charge < -0.3 is 9.05 Å². The van der Waals surface area contributed by atoms with E-state index in [-0.39, 0.29) is 0 Å². The average Bonchev–Trinajstić information content (AvgIpc) is 2.30. The summed E-state index contributed by atoms with van der Waals surface area (Å²) in [5.41, 5.74) is 1.49. The fourth-order valence-electron chi connectivity index (χ4n) is 1.41. The molecule has 0 N–H and O–H groups in total. The molecule has 0 saturated heterocycles. The molecule has 1 rings (SSSR count). The summed E-state index contributed by atoms with van der Waals surface area (Å²) >= 11 is 0. The number of pyridine rings is 1. The van der Waals surface area contributed by atoms with Crippen molar-refractivity contribution in [2.24, 2.45) is 0 Å². The van der Waals surface area contributed by atoms with Crippen LogP contribution in [0.3, 0.4) is 0 Å². The average molecular weight is 257 g/mol. The summed E-state index contributed by atoms with van der Waals surface area (Å²) < 4.78 is 22.8. The lowest BCUT2D eigenvalue weighted by Crippen LogP contribution is -2.14. The first kappa shape index (κ1) is 14.4. The van der Waals surface area contributed by atoms with Gasteiger partial charge in [-0.25, -0.2) is 4.98 Å². The summed E-state index contributed by atoms with van der Waals surface area (Å²) in [6.45, 7) is 8.42. The molecule has 0 aliphatic carbocycles. The van der Waals surface area contributed by atoms with Gasteiger partial charge in [0, 0.05) is 6.20 Å². The topological polar surface area (TPSA) is 48.4 Å². The molecule has 1 aromatic rings. The fraction of sp³-hybridized carbons (Fsp3) is 0.583. The van der Waals surface area contributed by atoms with E-state index >= 15 is 0 Å². The third-order valence-corrected chi connectivity index (χ3v) is 4.34. The zero-order valence-corrected chi connectivity index (χ0v) is 11.7. The van der Waals surface area contributed by atoms with Crippen LogP contribution in [0.4, 0.5) is 0 Å². The Morgan fingerprint density at radius 2 is 1.82 bits per heavy atom. The summed E-state index contributed by atoms with van der Waals surface area (Å²) in [7, 11) is -3.23. The molecule has 0 atom stereocenters. The Balaban J connectivity index is 2.99. The minimum absolute atomic E-state index is 0.338. The van der Waals surface area contributed by atoms with Crippen LogP contribution >= 0.6 is 7.60 Å². The molecule has 17 heavy (non-hydrogen) atoms. The quantitative estimate of drug-likeness (QED) is 0.735. The highest BCUT2D eigenvalue weighted by Gasteiger charge is 2.28. The van der Waals surface area contributed by atoms with Crippen molar-refractivity contribution >= 4 is 13.0 Å². The van der Waals surface area contributed by atoms with E-state index in [0.717, 1.165) is 5.56 Å². The van der Waals surface area contributed by atoms with E-state index in [0.29, 0.717) is 24.6 Å². The largest absolute Gasteiger partial charge is 0.379 e. The van der Waals surface area contributed by atoms with E-state index < -0.39 is 7.60 Å². The van der Waals surface area contributed by atoms with Gasteiger partial charge in [0.25, 0.3) is 0 Å². The second kappa shape index (κ2) is 6.29. The van der Waals surface area contributed by atoms with Gasteiger partial charge in [-0.2, -0.15) is 0 Å². The molecule has 0 aliphatic heterocycles. The Morgan fingerprint density at radius 1 is 1.24 bits per heavy atom. The summed E-state index contributed by atoms with van der Waals surface area (Å²) in [4.78, 5) is 4.20. The molecule has 0 aromatic carbocycles. The zero-order valence-electron chi connectivity index (χ0n) is 10.8. The van der Waals surface area contributed by atoms with Crippen LogP contribution in [-0.2, 0) is 13.6 Å². The highest BCUT2D eigenvalue weighted by atomic mass is 31.2. The maximum Gasteiger partial charge on any atom is 0.379 e. The summed E-state index contributed by atoms with van der Waals surface area (Å²) in [6.07, 6.45) is 1.73. The lowest BCUT2D eigenvalue weighted by Gasteiger charge is -2.16. The first-order valence-electron chi connectivity index (χ1n) is 5.89. The molecule has 4 nitrogen and oxygen atoms in total. The van der Waals surface area contributed by atoms with Gasteiger partial charge in [0.05, 0.1) is 13.2 Å². The van der Waals surface area contributed by atoms with Gasteiger partial charge in [-0.15, -0.1) is 0 Å². The number of hydrogen-bond donors (Lipinski definition) is 0. The van der Waals surface area contributed by atoms with Crippen molar-refractivity contribution in [1.82, 2.24) is 4.98 Å². The van der Waals surface area contributed by atoms with E-state index in [9.17, 15) is 4.57 Å². The van der Waals surface area contributed by atoms with Gasteiger partial charge in [0.15, 0.2) is 5.44 Å². The number of aromatic nitrogens is 1. The van der Waals surface area contributed by atoms with Crippen molar-refractivity contribution in [3.63, 3.8) is 0 Å². The van der Waals surface area contributed by atoms with Crippen LogP contribution in [-0.4, -0.2) is 18.2 Å². The first-order chi connectivity index (χ1) is 8.03. The maximum atomic E-state index is 12.4. The molecule has 0 unspecified atom stereocenters. The van der Waals surface area contributed by atoms with Crippen LogP contribution < -0.4 is 5.44 Å². The van der Waals surface area contributed by atoms with Crippen molar-refractivity contribution in [1.29, 1.82) is 0 Å². The van der Waals surface area contributed by atoms with E-state index in [1.54, 1.807) is 26.1 Å². The molecule has 0 saturated carbocycles. The van der Waals surface area contributed by atoms with E-state index in [1.807, 2.05) is 6.07 Å². The summed E-state index contributed by atoms with van der Waals surface area (Å²) in [5.74, 6) is 0.398. The van der Waals surface area contributed by atoms with Gasteiger partial charge in [0.1, 0.15) is 0 Å². The molecule has 96 valence electrons. The Hall–Kier alpha value is -0.700. The number of hydrogen-bond acceptors (Lipinski definition) is 4. The maximum absolute atomic E-state index is 12.4. The Labute approximate surface area is 103 Å². The Bertz CT molecular complexity index is 379. The lowest BCUT2D eigenvalue weighted by molar-refractivity contribution is 0.229. The predicted octanol–water partition coefficient (Wildman–Crippen LogP) is 3.10. The van der Waals surface area contributed by atoms with Crippen molar-refractivity contribution in [2.45, 2.75) is 33.6 Å². The molecule has 0 aliphatic rings. The van der Waals surface area contributed by atoms with Gasteiger partial charge in [-0.1, -0.05) is 19.9 Å². The SMILES string of the molecule is CCOP(=O)(OCC)c1ccc(C(C)C)cn1. The number of rotatable bonds is 6. The molecule has 5 heteroatoms. The molecular weight excluding hydrogens is 237 g/mol. The Kier molecular flexibility index (Phi) is 5.31. The third-order valence-electron chi connectivity index (χ3n) is 2.32. The van der Waals surface area contributed by atoms with Crippen molar-refractivity contribution in [3.05, 3.63) is 23.9 Å². The summed E-state index contributed by atoms with van der Waals surface area (Å²) in [5, 5.41) is 0. The van der Waals surface area contributed by atoms with Crippen molar-refractivity contribution in [3.8, 4) is 0 Å². The highest BCUT2D eigenvalue weighted by Crippen LogP contribution is 2.46. The van der Waals surface area contributed by atoms with Gasteiger partial charge in [-0.3, -0.25) is 4.57 Å². The van der Waals surface area contributed by atoms with E-state index in [1.165, 1.54) is 0 Å². The molecule has 1 heterocycles. The highest BCUT2D eigenvalue weighted by molar-refractivity contribution is 7.61. The normalized spacial score (nSPS) is 12.1. The van der Waals surface area contributed by atoms with Gasteiger partial charge in [-0.05, 0) is 31.4 Å². The van der Waals surface area contributed by atoms with Crippen molar-refractivity contribution in [2.75, 3.05) is 13.2 Å². The second-order valence-electron chi connectivity index (χ2n) is 3.94. The molecule has 0 spiro atoms. The molecule has 1 aromatic heterocycles. The van der Waals surface area contributed by atoms with Crippen LogP contribution in [0.1, 0.15) is 39.2 Å². The predicted molar refractivity (Wildman–Crippen MR) is 68.8 cm³/mol. The zero-order chi connectivity index (χ0) is 12.9. The van der Waals surface area contributed by atoms with E-state index in [2.05, 4.69) is 18.8 Å². The van der Waals surface area contributed by atoms with E-state index in [4.69, 9.17) is 9.05 Å². The van der Waals surface area contributed by atoms with Crippen LogP contribution in [0.5, 0.6) is 0 Å². The minimum atomic E-state index is -3.23. The first-order valence-corrected chi connectivity index (χ1v) is 7.43. The monoisotopic (exact) mass is 257 g/mol. The van der Waals surface area contributed by atoms with Crippen LogP contribution in [0.25, 0.3) is 0 Å². The summed E-state index contributed by atoms with van der Waals surface area (Å²) in [6, 6.07) is 3.64. The molecule has 0 radical (unpaired) electrons. The molecular formula is C12H20NO3P. The van der Waals surface area contributed by atoms with Crippen LogP contribution in [0.15, 0.2) is 18.3 Å². The second-order valence-corrected chi connectivity index (χ2v) is 5.91. The van der Waals surface area contributed by atoms with Crippen LogP contribution in [0.2, 0.25) is 0 Å². The minimum Gasteiger partial charge on any atom is -0.304 e. The molecule has 0 fully saturated rings. The standard InChI is InChI=1S/C12H20NO3P/c1-5-15-17(14,16-6-2)12-8-7-11(9-13-12)10(3)4/h7-10H,5-6H2,1-4H3. The Morgan fingerprint density at radius 3 is 2.18 bits per heavy atom. The molecule has 0 bridgehead atoms. The van der Waals surface area contributed by atoms with Crippen molar-refractivity contribution < 1.29 is 13.6 Å². The fourth-order valence-corrected chi connectivity index (χ4v) is 2.89. The number of nitrogens with zero attached hydrogens (tertiary/aromatic N) is 1.